The van der Waals surface area contributed by atoms with Crippen molar-refractivity contribution in [2.24, 2.45) is 0 Å². The van der Waals surface area contributed by atoms with Gasteiger partial charge in [0.05, 0.1) is 11.3 Å². The third kappa shape index (κ3) is 2.41. The van der Waals surface area contributed by atoms with Gasteiger partial charge in [0, 0.05) is 31.4 Å². The van der Waals surface area contributed by atoms with E-state index in [9.17, 15) is 5.26 Å². The van der Waals surface area contributed by atoms with Crippen LogP contribution in [0.25, 0.3) is 0 Å². The molecule has 1 saturated heterocycles. The van der Waals surface area contributed by atoms with Crippen molar-refractivity contribution in [3.8, 4) is 6.07 Å². The average Bonchev–Trinajstić information content (AvgIpc) is 2.39. The van der Waals surface area contributed by atoms with Crippen LogP contribution in [0.15, 0.2) is 18.2 Å². The molecule has 18 heavy (non-hydrogen) atoms. The van der Waals surface area contributed by atoms with Crippen molar-refractivity contribution < 1.29 is 0 Å². The van der Waals surface area contributed by atoms with Gasteiger partial charge in [0.25, 0.3) is 0 Å². The van der Waals surface area contributed by atoms with E-state index in [0.717, 1.165) is 31.7 Å². The third-order valence-electron chi connectivity index (χ3n) is 3.73. The first kappa shape index (κ1) is 12.7. The van der Waals surface area contributed by atoms with E-state index in [4.69, 9.17) is 5.73 Å². The van der Waals surface area contributed by atoms with Crippen molar-refractivity contribution in [1.82, 2.24) is 4.90 Å². The molecule has 1 atom stereocenters. The van der Waals surface area contributed by atoms with E-state index in [1.165, 1.54) is 0 Å². The summed E-state index contributed by atoms with van der Waals surface area (Å²) in [7, 11) is 2.17. The highest BCUT2D eigenvalue weighted by molar-refractivity contribution is 5.64. The van der Waals surface area contributed by atoms with Crippen molar-refractivity contribution in [2.45, 2.75) is 19.4 Å². The molecular formula is C14H20N4. The molecule has 0 bridgehead atoms. The van der Waals surface area contributed by atoms with Crippen LogP contribution < -0.4 is 10.6 Å². The van der Waals surface area contributed by atoms with Gasteiger partial charge in [-0.25, -0.2) is 0 Å². The zero-order valence-corrected chi connectivity index (χ0v) is 11.1. The minimum absolute atomic E-state index is 0.558. The van der Waals surface area contributed by atoms with Crippen LogP contribution in [0.5, 0.6) is 0 Å². The summed E-state index contributed by atoms with van der Waals surface area (Å²) in [5, 5.41) is 9.21. The van der Waals surface area contributed by atoms with E-state index < -0.39 is 0 Å². The predicted molar refractivity (Wildman–Crippen MR) is 74.5 cm³/mol. The number of piperazine rings is 1. The average molecular weight is 244 g/mol. The molecule has 2 rings (SSSR count). The van der Waals surface area contributed by atoms with Gasteiger partial charge in [-0.3, -0.25) is 4.90 Å². The number of rotatable bonds is 2. The lowest BCUT2D eigenvalue weighted by atomic mass is 10.1. The zero-order valence-electron chi connectivity index (χ0n) is 11.1. The van der Waals surface area contributed by atoms with Gasteiger partial charge in [-0.2, -0.15) is 5.26 Å². The fourth-order valence-electron chi connectivity index (χ4n) is 2.52. The summed E-state index contributed by atoms with van der Waals surface area (Å²) < 4.78 is 0. The lowest BCUT2D eigenvalue weighted by Crippen LogP contribution is -2.51. The van der Waals surface area contributed by atoms with Crippen molar-refractivity contribution in [2.75, 3.05) is 37.3 Å². The summed E-state index contributed by atoms with van der Waals surface area (Å²) >= 11 is 0. The monoisotopic (exact) mass is 244 g/mol. The Hall–Kier alpha value is -1.73. The molecule has 0 amide bonds. The van der Waals surface area contributed by atoms with E-state index in [1.807, 2.05) is 12.1 Å². The molecule has 0 aromatic heterocycles. The highest BCUT2D eigenvalue weighted by Crippen LogP contribution is 2.25. The normalized spacial score (nSPS) is 20.7. The second kappa shape index (κ2) is 5.28. The molecule has 2 N–H and O–H groups in total. The molecule has 1 fully saturated rings. The third-order valence-corrected chi connectivity index (χ3v) is 3.73. The standard InChI is InChI=1S/C14H20N4/c1-3-13-10-18(7-6-17(13)2)14-5-4-12(16)8-11(14)9-15/h4-5,8,13H,3,6-7,10,16H2,1-2H3. The summed E-state index contributed by atoms with van der Waals surface area (Å²) in [6.45, 7) is 5.18. The summed E-state index contributed by atoms with van der Waals surface area (Å²) in [5.41, 5.74) is 8.07. The van der Waals surface area contributed by atoms with Crippen LogP contribution >= 0.6 is 0 Å². The maximum atomic E-state index is 9.21. The van der Waals surface area contributed by atoms with Crippen LogP contribution in [0.1, 0.15) is 18.9 Å². The molecule has 1 aliphatic rings. The minimum Gasteiger partial charge on any atom is -0.399 e. The van der Waals surface area contributed by atoms with Crippen LogP contribution in [0, 0.1) is 11.3 Å². The maximum Gasteiger partial charge on any atom is 0.101 e. The quantitative estimate of drug-likeness (QED) is 0.804. The van der Waals surface area contributed by atoms with Gasteiger partial charge >= 0.3 is 0 Å². The first-order valence-corrected chi connectivity index (χ1v) is 6.40. The minimum atomic E-state index is 0.558. The molecule has 0 radical (unpaired) electrons. The molecule has 1 aromatic carbocycles. The zero-order chi connectivity index (χ0) is 13.1. The number of nitriles is 1. The summed E-state index contributed by atoms with van der Waals surface area (Å²) in [6, 6.07) is 8.39. The fraction of sp³-hybridized carbons (Fsp3) is 0.500. The smallest absolute Gasteiger partial charge is 0.101 e. The van der Waals surface area contributed by atoms with E-state index in [2.05, 4.69) is 29.8 Å². The van der Waals surface area contributed by atoms with E-state index >= 15 is 0 Å². The molecule has 1 aromatic rings. The van der Waals surface area contributed by atoms with Gasteiger partial charge in [0.1, 0.15) is 6.07 Å². The molecule has 0 spiro atoms. The van der Waals surface area contributed by atoms with Crippen LogP contribution in [-0.2, 0) is 0 Å². The Kier molecular flexibility index (Phi) is 3.73. The second-order valence-electron chi connectivity index (χ2n) is 4.88. The summed E-state index contributed by atoms with van der Waals surface area (Å²) in [5.74, 6) is 0. The molecule has 1 aliphatic heterocycles. The first-order chi connectivity index (χ1) is 8.65. The number of nitrogen functional groups attached to an aromatic ring is 1. The number of nitrogens with two attached hydrogens (primary N) is 1. The number of likely N-dealkylation sites (N-methyl/N-ethyl adjacent to an activating group) is 1. The predicted octanol–water partition coefficient (Wildman–Crippen LogP) is 1.67. The van der Waals surface area contributed by atoms with E-state index in [0.29, 0.717) is 17.3 Å². The first-order valence-electron chi connectivity index (χ1n) is 6.40. The highest BCUT2D eigenvalue weighted by atomic mass is 15.3. The fourth-order valence-corrected chi connectivity index (χ4v) is 2.52. The van der Waals surface area contributed by atoms with Gasteiger partial charge < -0.3 is 10.6 Å². The SMILES string of the molecule is CCC1CN(c2ccc(N)cc2C#N)CCN1C. The molecule has 1 heterocycles. The Labute approximate surface area is 109 Å². The molecule has 4 heteroatoms. The molecular weight excluding hydrogens is 224 g/mol. The lowest BCUT2D eigenvalue weighted by molar-refractivity contribution is 0.213. The second-order valence-corrected chi connectivity index (χ2v) is 4.88. The van der Waals surface area contributed by atoms with Gasteiger partial charge in [0.2, 0.25) is 0 Å². The van der Waals surface area contributed by atoms with Gasteiger partial charge in [-0.05, 0) is 31.7 Å². The lowest BCUT2D eigenvalue weighted by Gasteiger charge is -2.40. The number of hydrogen-bond acceptors (Lipinski definition) is 4. The van der Waals surface area contributed by atoms with Crippen molar-refractivity contribution in [1.29, 1.82) is 5.26 Å². The Bertz CT molecular complexity index is 463. The molecule has 0 aliphatic carbocycles. The number of anilines is 2. The molecule has 96 valence electrons. The van der Waals surface area contributed by atoms with Crippen LogP contribution in [-0.4, -0.2) is 37.6 Å². The summed E-state index contributed by atoms with van der Waals surface area (Å²) in [4.78, 5) is 4.69. The highest BCUT2D eigenvalue weighted by Gasteiger charge is 2.24. The van der Waals surface area contributed by atoms with Crippen molar-refractivity contribution in [3.05, 3.63) is 23.8 Å². The Morgan fingerprint density at radius 3 is 2.89 bits per heavy atom. The van der Waals surface area contributed by atoms with Crippen LogP contribution in [0.2, 0.25) is 0 Å². The van der Waals surface area contributed by atoms with Crippen molar-refractivity contribution in [3.63, 3.8) is 0 Å². The number of benzene rings is 1. The van der Waals surface area contributed by atoms with Gasteiger partial charge in [0.15, 0.2) is 0 Å². The Morgan fingerprint density at radius 2 is 2.22 bits per heavy atom. The Balaban J connectivity index is 2.25. The van der Waals surface area contributed by atoms with E-state index in [-0.39, 0.29) is 0 Å². The summed E-state index contributed by atoms with van der Waals surface area (Å²) in [6.07, 6.45) is 1.13. The molecule has 4 nitrogen and oxygen atoms in total. The number of nitrogens with zero attached hydrogens (tertiary/aromatic N) is 3. The Morgan fingerprint density at radius 1 is 1.44 bits per heavy atom. The molecule has 1 unspecified atom stereocenters. The van der Waals surface area contributed by atoms with Crippen LogP contribution in [0.4, 0.5) is 11.4 Å². The number of hydrogen-bond donors (Lipinski definition) is 1. The topological polar surface area (TPSA) is 56.3 Å². The maximum absolute atomic E-state index is 9.21. The van der Waals surface area contributed by atoms with Gasteiger partial charge in [-0.15, -0.1) is 0 Å². The van der Waals surface area contributed by atoms with Crippen molar-refractivity contribution >= 4 is 11.4 Å². The van der Waals surface area contributed by atoms with Gasteiger partial charge in [-0.1, -0.05) is 6.92 Å². The van der Waals surface area contributed by atoms with Crippen LogP contribution in [0.3, 0.4) is 0 Å². The molecule has 0 saturated carbocycles. The largest absolute Gasteiger partial charge is 0.399 e. The van der Waals surface area contributed by atoms with E-state index in [1.54, 1.807) is 6.07 Å².